The summed E-state index contributed by atoms with van der Waals surface area (Å²) in [5, 5.41) is 0. The molecular weight excluding hydrogens is 387 g/mol. The Morgan fingerprint density at radius 2 is 1.56 bits per heavy atom. The molecule has 152 valence electrons. The number of benzene rings is 1. The van der Waals surface area contributed by atoms with Gasteiger partial charge in [-0.2, -0.15) is 0 Å². The lowest BCUT2D eigenvalue weighted by molar-refractivity contribution is -0.111. The van der Waals surface area contributed by atoms with E-state index in [1.165, 1.54) is 0 Å². The number of aldehydes is 1. The van der Waals surface area contributed by atoms with E-state index in [9.17, 15) is 4.79 Å². The number of halogens is 2. The molecule has 0 aliphatic heterocycles. The number of rotatable bonds is 15. The molecule has 0 aromatic heterocycles. The van der Waals surface area contributed by atoms with Crippen LogP contribution in [-0.4, -0.2) is 32.7 Å². The van der Waals surface area contributed by atoms with E-state index in [1.54, 1.807) is 6.08 Å². The average Bonchev–Trinajstić information content (AvgIpc) is 2.66. The van der Waals surface area contributed by atoms with Crippen molar-refractivity contribution in [2.45, 2.75) is 52.4 Å². The first-order valence-corrected chi connectivity index (χ1v) is 10.3. The van der Waals surface area contributed by atoms with Crippen molar-refractivity contribution in [1.82, 2.24) is 0 Å². The number of carbonyl (C=O) groups is 1. The maximum absolute atomic E-state index is 10.2. The van der Waals surface area contributed by atoms with Crippen LogP contribution < -0.4 is 9.47 Å². The molecule has 27 heavy (non-hydrogen) atoms. The monoisotopic (exact) mass is 416 g/mol. The molecule has 0 aliphatic rings. The minimum absolute atomic E-state index is 0.192. The molecule has 1 aromatic rings. The largest absolute Gasteiger partial charge is 0.493 e. The highest BCUT2D eigenvalue weighted by Crippen LogP contribution is 2.31. The van der Waals surface area contributed by atoms with Crippen molar-refractivity contribution in [2.75, 3.05) is 26.4 Å². The van der Waals surface area contributed by atoms with Gasteiger partial charge < -0.3 is 19.0 Å². The summed E-state index contributed by atoms with van der Waals surface area (Å²) in [6.45, 7) is 6.09. The average molecular weight is 417 g/mol. The summed E-state index contributed by atoms with van der Waals surface area (Å²) in [4.78, 5) is 10.2. The third kappa shape index (κ3) is 10.0. The van der Waals surface area contributed by atoms with E-state index in [4.69, 9.17) is 37.4 Å². The Kier molecular flexibility index (Phi) is 13.0. The molecule has 4 nitrogen and oxygen atoms in total. The van der Waals surface area contributed by atoms with Crippen LogP contribution in [0.4, 0.5) is 0 Å². The predicted octanol–water partition coefficient (Wildman–Crippen LogP) is 5.66. The van der Waals surface area contributed by atoms with Crippen LogP contribution in [0.15, 0.2) is 22.7 Å². The first kappa shape index (κ1) is 23.8. The molecule has 0 aliphatic carbocycles. The lowest BCUT2D eigenvalue weighted by Gasteiger charge is -2.17. The van der Waals surface area contributed by atoms with Crippen LogP contribution in [0.2, 0.25) is 0 Å². The van der Waals surface area contributed by atoms with Gasteiger partial charge in [-0.1, -0.05) is 43.5 Å². The highest BCUT2D eigenvalue weighted by molar-refractivity contribution is 6.55. The Balaban J connectivity index is 2.51. The third-order valence-corrected chi connectivity index (χ3v) is 4.39. The van der Waals surface area contributed by atoms with Crippen LogP contribution in [-0.2, 0) is 22.4 Å². The van der Waals surface area contributed by atoms with Crippen molar-refractivity contribution in [1.29, 1.82) is 0 Å². The lowest BCUT2D eigenvalue weighted by atomic mass is 10.0. The van der Waals surface area contributed by atoms with Gasteiger partial charge in [0.25, 0.3) is 0 Å². The van der Waals surface area contributed by atoms with Crippen molar-refractivity contribution in [3.63, 3.8) is 0 Å². The van der Waals surface area contributed by atoms with Gasteiger partial charge in [-0.05, 0) is 61.4 Å². The number of hydrogen-bond acceptors (Lipinski definition) is 4. The number of aryl methyl sites for hydroxylation is 2. The van der Waals surface area contributed by atoms with Crippen LogP contribution in [0.1, 0.15) is 50.7 Å². The van der Waals surface area contributed by atoms with E-state index in [0.717, 1.165) is 67.4 Å². The van der Waals surface area contributed by atoms with Gasteiger partial charge in [-0.25, -0.2) is 0 Å². The first-order chi connectivity index (χ1) is 13.1. The van der Waals surface area contributed by atoms with Gasteiger partial charge in [0.15, 0.2) is 0 Å². The Morgan fingerprint density at radius 3 is 2.11 bits per heavy atom. The molecular formula is C21H30Cl2O4. The van der Waals surface area contributed by atoms with Crippen molar-refractivity contribution in [3.05, 3.63) is 33.8 Å². The zero-order valence-electron chi connectivity index (χ0n) is 16.3. The fourth-order valence-electron chi connectivity index (χ4n) is 2.68. The second-order valence-electron chi connectivity index (χ2n) is 6.09. The van der Waals surface area contributed by atoms with E-state index in [1.807, 2.05) is 12.1 Å². The zero-order valence-corrected chi connectivity index (χ0v) is 17.8. The van der Waals surface area contributed by atoms with Crippen molar-refractivity contribution in [2.24, 2.45) is 0 Å². The Morgan fingerprint density at radius 1 is 0.926 bits per heavy atom. The normalized spacial score (nSPS) is 10.5. The minimum Gasteiger partial charge on any atom is -0.493 e. The molecule has 0 bridgehead atoms. The smallest absolute Gasteiger partial charge is 0.145 e. The van der Waals surface area contributed by atoms with E-state index in [2.05, 4.69) is 13.8 Å². The quantitative estimate of drug-likeness (QED) is 0.273. The molecule has 0 atom stereocenters. The molecule has 0 spiro atoms. The Labute approximate surface area is 172 Å². The SMILES string of the molecule is CCc1cc(OCC=C(Cl)Cl)cc(CC)c1OCCCCCCOCC=O. The van der Waals surface area contributed by atoms with Crippen LogP contribution in [0.25, 0.3) is 0 Å². The van der Waals surface area contributed by atoms with Crippen LogP contribution >= 0.6 is 23.2 Å². The van der Waals surface area contributed by atoms with Gasteiger partial charge in [0.2, 0.25) is 0 Å². The maximum Gasteiger partial charge on any atom is 0.145 e. The molecule has 0 heterocycles. The second-order valence-corrected chi connectivity index (χ2v) is 7.09. The Bertz CT molecular complexity index is 559. The van der Waals surface area contributed by atoms with E-state index < -0.39 is 0 Å². The summed E-state index contributed by atoms with van der Waals surface area (Å²) < 4.78 is 17.2. The summed E-state index contributed by atoms with van der Waals surface area (Å²) in [5.41, 5.74) is 2.29. The van der Waals surface area contributed by atoms with E-state index in [0.29, 0.717) is 19.8 Å². The number of ether oxygens (including phenoxy) is 3. The minimum atomic E-state index is 0.192. The maximum atomic E-state index is 10.2. The van der Waals surface area contributed by atoms with Crippen LogP contribution in [0.3, 0.4) is 0 Å². The molecule has 1 rings (SSSR count). The molecule has 0 amide bonds. The van der Waals surface area contributed by atoms with Gasteiger partial charge in [0.1, 0.15) is 35.5 Å². The van der Waals surface area contributed by atoms with Gasteiger partial charge >= 0.3 is 0 Å². The van der Waals surface area contributed by atoms with Gasteiger partial charge in [-0.3, -0.25) is 0 Å². The van der Waals surface area contributed by atoms with Gasteiger partial charge in [-0.15, -0.1) is 0 Å². The third-order valence-electron chi connectivity index (χ3n) is 4.08. The molecule has 0 radical (unpaired) electrons. The summed E-state index contributed by atoms with van der Waals surface area (Å²) in [6.07, 6.45) is 8.28. The second kappa shape index (κ2) is 14.8. The fraction of sp³-hybridized carbons (Fsp3) is 0.571. The van der Waals surface area contributed by atoms with Gasteiger partial charge in [0, 0.05) is 6.61 Å². The van der Waals surface area contributed by atoms with E-state index >= 15 is 0 Å². The summed E-state index contributed by atoms with van der Waals surface area (Å²) in [5.74, 6) is 1.78. The standard InChI is InChI=1S/C21H30Cl2O4/c1-3-17-15-19(26-13-9-20(22)23)16-18(4-2)21(17)27-12-8-6-5-7-11-25-14-10-24/h9-10,15-16H,3-8,11-14H2,1-2H3. The van der Waals surface area contributed by atoms with Crippen molar-refractivity contribution < 1.29 is 19.0 Å². The van der Waals surface area contributed by atoms with Crippen molar-refractivity contribution in [3.8, 4) is 11.5 Å². The number of unbranched alkanes of at least 4 members (excludes halogenated alkanes) is 3. The molecule has 0 fully saturated rings. The predicted molar refractivity (Wildman–Crippen MR) is 111 cm³/mol. The first-order valence-electron chi connectivity index (χ1n) is 9.56. The van der Waals surface area contributed by atoms with Crippen LogP contribution in [0.5, 0.6) is 11.5 Å². The fourth-order valence-corrected chi connectivity index (χ4v) is 2.81. The zero-order chi connectivity index (χ0) is 19.9. The lowest BCUT2D eigenvalue weighted by Crippen LogP contribution is -2.05. The molecule has 6 heteroatoms. The highest BCUT2D eigenvalue weighted by Gasteiger charge is 2.11. The topological polar surface area (TPSA) is 44.8 Å². The van der Waals surface area contributed by atoms with Crippen molar-refractivity contribution >= 4 is 29.5 Å². The molecule has 1 aromatic carbocycles. The highest BCUT2D eigenvalue weighted by atomic mass is 35.5. The summed E-state index contributed by atoms with van der Waals surface area (Å²) >= 11 is 11.2. The van der Waals surface area contributed by atoms with Crippen LogP contribution in [0, 0.1) is 0 Å². The number of carbonyl (C=O) groups excluding carboxylic acids is 1. The summed E-state index contributed by atoms with van der Waals surface area (Å²) in [7, 11) is 0. The van der Waals surface area contributed by atoms with Gasteiger partial charge in [0.05, 0.1) is 6.61 Å². The van der Waals surface area contributed by atoms with E-state index in [-0.39, 0.29) is 11.1 Å². The molecule has 0 saturated carbocycles. The Hall–Kier alpha value is -1.23. The molecule has 0 unspecified atom stereocenters. The molecule has 0 saturated heterocycles. The molecule has 0 N–H and O–H groups in total. The summed E-state index contributed by atoms with van der Waals surface area (Å²) in [6, 6.07) is 4.05. The number of hydrogen-bond donors (Lipinski definition) is 0.